The Morgan fingerprint density at radius 3 is 2.52 bits per heavy atom. The molecule has 0 saturated heterocycles. The minimum atomic E-state index is 0.0439. The number of hydrogen-bond donors (Lipinski definition) is 0. The molecule has 0 saturated carbocycles. The summed E-state index contributed by atoms with van der Waals surface area (Å²) in [6.45, 7) is 2.08. The standard InChI is InChI=1S/C20H22O3/c1-13-5-4-6-14(9-13)10-16-8-7-15-11-18(22-2)19(23-3)12-17(15)20(16)21/h4-6,9,11-12,16H,7-8,10H2,1-3H3. The van der Waals surface area contributed by atoms with E-state index in [9.17, 15) is 4.79 Å². The summed E-state index contributed by atoms with van der Waals surface area (Å²) in [6, 6.07) is 12.2. The zero-order chi connectivity index (χ0) is 16.4. The van der Waals surface area contributed by atoms with Crippen LogP contribution in [0.3, 0.4) is 0 Å². The molecule has 0 amide bonds. The van der Waals surface area contributed by atoms with Crippen molar-refractivity contribution in [1.82, 2.24) is 0 Å². The van der Waals surface area contributed by atoms with Gasteiger partial charge in [-0.2, -0.15) is 0 Å². The van der Waals surface area contributed by atoms with E-state index in [1.54, 1.807) is 14.2 Å². The first-order valence-corrected chi connectivity index (χ1v) is 7.97. The summed E-state index contributed by atoms with van der Waals surface area (Å²) in [5.41, 5.74) is 4.31. The molecule has 3 nitrogen and oxygen atoms in total. The van der Waals surface area contributed by atoms with Gasteiger partial charge < -0.3 is 9.47 Å². The third kappa shape index (κ3) is 3.09. The quantitative estimate of drug-likeness (QED) is 0.856. The maximum Gasteiger partial charge on any atom is 0.166 e. The molecule has 0 heterocycles. The predicted octanol–water partition coefficient (Wildman–Crippen LogP) is 4.00. The summed E-state index contributed by atoms with van der Waals surface area (Å²) in [4.78, 5) is 12.9. The normalized spacial score (nSPS) is 16.8. The third-order valence-electron chi connectivity index (χ3n) is 4.57. The fourth-order valence-corrected chi connectivity index (χ4v) is 3.36. The lowest BCUT2D eigenvalue weighted by Gasteiger charge is -2.24. The maximum absolute atomic E-state index is 12.9. The van der Waals surface area contributed by atoms with Crippen molar-refractivity contribution < 1.29 is 14.3 Å². The number of aryl methyl sites for hydroxylation is 2. The van der Waals surface area contributed by atoms with Gasteiger partial charge in [-0.1, -0.05) is 29.8 Å². The minimum absolute atomic E-state index is 0.0439. The Morgan fingerprint density at radius 2 is 1.83 bits per heavy atom. The molecule has 0 radical (unpaired) electrons. The van der Waals surface area contributed by atoms with Crippen molar-refractivity contribution in [3.8, 4) is 11.5 Å². The van der Waals surface area contributed by atoms with Gasteiger partial charge in [0.2, 0.25) is 0 Å². The van der Waals surface area contributed by atoms with Gasteiger partial charge in [-0.25, -0.2) is 0 Å². The number of fused-ring (bicyclic) bond motifs is 1. The van der Waals surface area contributed by atoms with E-state index in [4.69, 9.17) is 9.47 Å². The molecule has 2 aromatic carbocycles. The van der Waals surface area contributed by atoms with Crippen molar-refractivity contribution in [3.63, 3.8) is 0 Å². The summed E-state index contributed by atoms with van der Waals surface area (Å²) in [5.74, 6) is 1.57. The Labute approximate surface area is 137 Å². The summed E-state index contributed by atoms with van der Waals surface area (Å²) >= 11 is 0. The number of carbonyl (C=O) groups is 1. The number of rotatable bonds is 4. The van der Waals surface area contributed by atoms with Gasteiger partial charge >= 0.3 is 0 Å². The molecule has 0 spiro atoms. The molecule has 3 heteroatoms. The summed E-state index contributed by atoms with van der Waals surface area (Å²) in [6.07, 6.45) is 2.58. The van der Waals surface area contributed by atoms with E-state index >= 15 is 0 Å². The van der Waals surface area contributed by atoms with Gasteiger partial charge in [-0.15, -0.1) is 0 Å². The largest absolute Gasteiger partial charge is 0.493 e. The number of Topliss-reactive ketones (excluding diaryl/α,β-unsaturated/α-hetero) is 1. The van der Waals surface area contributed by atoms with E-state index in [2.05, 4.69) is 31.2 Å². The molecule has 1 aliphatic carbocycles. The average molecular weight is 310 g/mol. The van der Waals surface area contributed by atoms with Gasteiger partial charge in [0.1, 0.15) is 0 Å². The molecule has 0 fully saturated rings. The number of ether oxygens (including phenoxy) is 2. The van der Waals surface area contributed by atoms with Crippen molar-refractivity contribution in [3.05, 3.63) is 58.7 Å². The van der Waals surface area contributed by atoms with Crippen LogP contribution >= 0.6 is 0 Å². The molecule has 0 N–H and O–H groups in total. The monoisotopic (exact) mass is 310 g/mol. The Bertz CT molecular complexity index is 734. The molecule has 0 bridgehead atoms. The van der Waals surface area contributed by atoms with Gasteiger partial charge in [-0.3, -0.25) is 4.79 Å². The van der Waals surface area contributed by atoms with Crippen molar-refractivity contribution in [1.29, 1.82) is 0 Å². The minimum Gasteiger partial charge on any atom is -0.493 e. The van der Waals surface area contributed by atoms with E-state index in [1.165, 1.54) is 11.1 Å². The summed E-state index contributed by atoms with van der Waals surface area (Å²) in [7, 11) is 3.22. The second-order valence-electron chi connectivity index (χ2n) is 6.16. The lowest BCUT2D eigenvalue weighted by Crippen LogP contribution is -2.24. The highest BCUT2D eigenvalue weighted by atomic mass is 16.5. The van der Waals surface area contributed by atoms with Gasteiger partial charge in [0.15, 0.2) is 17.3 Å². The Balaban J connectivity index is 1.88. The van der Waals surface area contributed by atoms with Gasteiger partial charge in [0.05, 0.1) is 14.2 Å². The first-order chi connectivity index (χ1) is 11.1. The third-order valence-corrected chi connectivity index (χ3v) is 4.57. The lowest BCUT2D eigenvalue weighted by atomic mass is 9.79. The van der Waals surface area contributed by atoms with Crippen molar-refractivity contribution in [2.45, 2.75) is 26.2 Å². The number of benzene rings is 2. The highest BCUT2D eigenvalue weighted by Crippen LogP contribution is 2.36. The van der Waals surface area contributed by atoms with Gasteiger partial charge in [-0.05, 0) is 49.4 Å². The molecule has 0 aliphatic heterocycles. The summed E-state index contributed by atoms with van der Waals surface area (Å²) < 4.78 is 10.7. The molecule has 0 aromatic heterocycles. The van der Waals surface area contributed by atoms with Crippen molar-refractivity contribution in [2.75, 3.05) is 14.2 Å². The van der Waals surface area contributed by atoms with Crippen LogP contribution in [0.25, 0.3) is 0 Å². The highest BCUT2D eigenvalue weighted by molar-refractivity contribution is 6.01. The molecule has 23 heavy (non-hydrogen) atoms. The van der Waals surface area contributed by atoms with Crippen LogP contribution in [0.1, 0.15) is 33.5 Å². The first-order valence-electron chi connectivity index (χ1n) is 7.97. The van der Waals surface area contributed by atoms with Gasteiger partial charge in [0.25, 0.3) is 0 Å². The van der Waals surface area contributed by atoms with Crippen LogP contribution in [0.15, 0.2) is 36.4 Å². The smallest absolute Gasteiger partial charge is 0.166 e. The first kappa shape index (κ1) is 15.6. The van der Waals surface area contributed by atoms with Crippen LogP contribution in [0, 0.1) is 12.8 Å². The molecule has 1 aliphatic rings. The summed E-state index contributed by atoms with van der Waals surface area (Å²) in [5, 5.41) is 0. The topological polar surface area (TPSA) is 35.5 Å². The van der Waals surface area contributed by atoms with E-state index in [1.807, 2.05) is 12.1 Å². The zero-order valence-electron chi connectivity index (χ0n) is 13.9. The number of hydrogen-bond acceptors (Lipinski definition) is 3. The van der Waals surface area contributed by atoms with Crippen molar-refractivity contribution in [2.24, 2.45) is 5.92 Å². The van der Waals surface area contributed by atoms with E-state index in [-0.39, 0.29) is 11.7 Å². The second-order valence-corrected chi connectivity index (χ2v) is 6.16. The second kappa shape index (κ2) is 6.45. The van der Waals surface area contributed by atoms with Crippen LogP contribution in [-0.4, -0.2) is 20.0 Å². The Hall–Kier alpha value is -2.29. The predicted molar refractivity (Wildman–Crippen MR) is 90.6 cm³/mol. The number of carbonyl (C=O) groups excluding carboxylic acids is 1. The van der Waals surface area contributed by atoms with Crippen LogP contribution in [0.2, 0.25) is 0 Å². The Morgan fingerprint density at radius 1 is 1.09 bits per heavy atom. The fraction of sp³-hybridized carbons (Fsp3) is 0.350. The maximum atomic E-state index is 12.9. The van der Waals surface area contributed by atoms with E-state index in [0.717, 1.165) is 30.4 Å². The number of ketones is 1. The molecule has 120 valence electrons. The molecular formula is C20H22O3. The van der Waals surface area contributed by atoms with Crippen LogP contribution in [0.5, 0.6) is 11.5 Å². The SMILES string of the molecule is COc1cc2c(cc1OC)C(=O)C(Cc1cccc(C)c1)CC2. The van der Waals surface area contributed by atoms with Gasteiger partial charge in [0, 0.05) is 11.5 Å². The molecule has 1 unspecified atom stereocenters. The van der Waals surface area contributed by atoms with E-state index < -0.39 is 0 Å². The van der Waals surface area contributed by atoms with Crippen LogP contribution in [-0.2, 0) is 12.8 Å². The zero-order valence-corrected chi connectivity index (χ0v) is 13.9. The van der Waals surface area contributed by atoms with E-state index in [0.29, 0.717) is 11.5 Å². The van der Waals surface area contributed by atoms with Crippen LogP contribution < -0.4 is 9.47 Å². The fourth-order valence-electron chi connectivity index (χ4n) is 3.36. The highest BCUT2D eigenvalue weighted by Gasteiger charge is 2.29. The number of methoxy groups -OCH3 is 2. The molecular weight excluding hydrogens is 288 g/mol. The lowest BCUT2D eigenvalue weighted by molar-refractivity contribution is 0.0901. The molecule has 3 rings (SSSR count). The average Bonchev–Trinajstić information content (AvgIpc) is 2.56. The molecule has 2 aromatic rings. The molecule has 1 atom stereocenters. The van der Waals surface area contributed by atoms with Crippen LogP contribution in [0.4, 0.5) is 0 Å². The Kier molecular flexibility index (Phi) is 4.37. The van der Waals surface area contributed by atoms with Crippen molar-refractivity contribution >= 4 is 5.78 Å².